The van der Waals surface area contributed by atoms with Crippen molar-refractivity contribution in [1.29, 1.82) is 0 Å². The van der Waals surface area contributed by atoms with Crippen molar-refractivity contribution < 1.29 is 36.2 Å². The van der Waals surface area contributed by atoms with Crippen molar-refractivity contribution >= 4 is 5.97 Å². The van der Waals surface area contributed by atoms with Gasteiger partial charge in [0.25, 0.3) is 0 Å². The van der Waals surface area contributed by atoms with Crippen molar-refractivity contribution in [3.05, 3.63) is 41.7 Å². The Labute approximate surface area is 142 Å². The van der Waals surface area contributed by atoms with E-state index in [-0.39, 0.29) is 0 Å². The predicted octanol–water partition coefficient (Wildman–Crippen LogP) is 4.83. The lowest BCUT2D eigenvalue weighted by molar-refractivity contribution is -0.141. The van der Waals surface area contributed by atoms with Gasteiger partial charge in [0.1, 0.15) is 6.61 Å². The van der Waals surface area contributed by atoms with Gasteiger partial charge < -0.3 is 9.47 Å². The van der Waals surface area contributed by atoms with Gasteiger partial charge in [-0.1, -0.05) is 38.7 Å². The molecule has 140 valence electrons. The van der Waals surface area contributed by atoms with Crippen LogP contribution in [0.15, 0.2) is 12.7 Å². The molecule has 1 aromatic carbocycles. The Hall–Kier alpha value is -1.96. The third-order valence-corrected chi connectivity index (χ3v) is 3.41. The van der Waals surface area contributed by atoms with Gasteiger partial charge >= 0.3 is 5.97 Å². The van der Waals surface area contributed by atoms with Gasteiger partial charge in [0.15, 0.2) is 0 Å². The summed E-state index contributed by atoms with van der Waals surface area (Å²) in [6.45, 7) is 4.88. The van der Waals surface area contributed by atoms with E-state index in [1.54, 1.807) is 0 Å². The molecule has 0 aliphatic rings. The SMILES string of the molecule is C=CC(CCCCCC)OCC(=O)Oc1c(F)c(F)c(F)c(F)c1F. The lowest BCUT2D eigenvalue weighted by Gasteiger charge is -2.14. The summed E-state index contributed by atoms with van der Waals surface area (Å²) in [5.41, 5.74) is 0. The summed E-state index contributed by atoms with van der Waals surface area (Å²) in [6, 6.07) is 0. The second kappa shape index (κ2) is 10.1. The van der Waals surface area contributed by atoms with Gasteiger partial charge in [-0.3, -0.25) is 0 Å². The first-order valence-electron chi connectivity index (χ1n) is 7.79. The molecule has 0 aliphatic heterocycles. The third-order valence-electron chi connectivity index (χ3n) is 3.41. The Morgan fingerprint density at radius 2 is 1.56 bits per heavy atom. The van der Waals surface area contributed by atoms with Crippen LogP contribution >= 0.6 is 0 Å². The number of hydrogen-bond donors (Lipinski definition) is 0. The molecular formula is C17H19F5O3. The van der Waals surface area contributed by atoms with Crippen molar-refractivity contribution in [2.24, 2.45) is 0 Å². The van der Waals surface area contributed by atoms with Crippen molar-refractivity contribution in [3.8, 4) is 5.75 Å². The molecule has 0 saturated heterocycles. The van der Waals surface area contributed by atoms with Crippen LogP contribution in [0.5, 0.6) is 5.75 Å². The highest BCUT2D eigenvalue weighted by atomic mass is 19.2. The molecule has 0 N–H and O–H groups in total. The van der Waals surface area contributed by atoms with Gasteiger partial charge in [-0.25, -0.2) is 18.0 Å². The van der Waals surface area contributed by atoms with Crippen LogP contribution < -0.4 is 4.74 Å². The van der Waals surface area contributed by atoms with E-state index in [1.165, 1.54) is 6.08 Å². The summed E-state index contributed by atoms with van der Waals surface area (Å²) in [5, 5.41) is 0. The highest BCUT2D eigenvalue weighted by molar-refractivity contribution is 5.73. The molecule has 0 saturated carbocycles. The summed E-state index contributed by atoms with van der Waals surface area (Å²) in [5.74, 6) is -14.1. The van der Waals surface area contributed by atoms with Crippen LogP contribution in [0.25, 0.3) is 0 Å². The number of ether oxygens (including phenoxy) is 2. The molecule has 0 aliphatic carbocycles. The van der Waals surface area contributed by atoms with Crippen LogP contribution in [0.4, 0.5) is 22.0 Å². The van der Waals surface area contributed by atoms with Crippen LogP contribution in [-0.4, -0.2) is 18.7 Å². The molecule has 0 spiro atoms. The summed E-state index contributed by atoms with van der Waals surface area (Å²) in [6.07, 6.45) is 5.45. The average Bonchev–Trinajstić information content (AvgIpc) is 2.61. The van der Waals surface area contributed by atoms with Gasteiger partial charge in [-0.2, -0.15) is 8.78 Å². The average molecular weight is 366 g/mol. The molecule has 0 heterocycles. The van der Waals surface area contributed by atoms with Crippen molar-refractivity contribution in [1.82, 2.24) is 0 Å². The van der Waals surface area contributed by atoms with E-state index in [1.807, 2.05) is 0 Å². The minimum atomic E-state index is -2.33. The Balaban J connectivity index is 2.64. The molecule has 1 aromatic rings. The minimum absolute atomic E-state index is 0.485. The van der Waals surface area contributed by atoms with E-state index in [0.717, 1.165) is 25.7 Å². The molecule has 8 heteroatoms. The second-order valence-electron chi connectivity index (χ2n) is 5.31. The maximum atomic E-state index is 13.4. The fourth-order valence-electron chi connectivity index (χ4n) is 2.03. The number of esters is 1. The molecule has 1 rings (SSSR count). The van der Waals surface area contributed by atoms with Crippen LogP contribution in [-0.2, 0) is 9.53 Å². The Morgan fingerprint density at radius 1 is 1.00 bits per heavy atom. The quantitative estimate of drug-likeness (QED) is 0.113. The van der Waals surface area contributed by atoms with E-state index < -0.39 is 53.5 Å². The Kier molecular flexibility index (Phi) is 8.54. The Bertz CT molecular complexity index is 590. The number of carbonyl (C=O) groups is 1. The fraction of sp³-hybridized carbons (Fsp3) is 0.471. The second-order valence-corrected chi connectivity index (χ2v) is 5.31. The Morgan fingerprint density at radius 3 is 2.08 bits per heavy atom. The number of benzene rings is 1. The highest BCUT2D eigenvalue weighted by Crippen LogP contribution is 2.29. The van der Waals surface area contributed by atoms with Gasteiger partial charge in [0.05, 0.1) is 6.10 Å². The zero-order valence-electron chi connectivity index (χ0n) is 13.7. The standard InChI is InChI=1S/C17H19F5O3/c1-3-5-6-7-8-10(4-2)24-9-11(23)25-17-15(21)13(19)12(18)14(20)16(17)22/h4,10H,2-3,5-9H2,1H3. The van der Waals surface area contributed by atoms with E-state index >= 15 is 0 Å². The molecule has 1 unspecified atom stereocenters. The number of unbranched alkanes of at least 4 members (excludes halogenated alkanes) is 3. The zero-order valence-corrected chi connectivity index (χ0v) is 13.7. The molecule has 3 nitrogen and oxygen atoms in total. The summed E-state index contributed by atoms with van der Waals surface area (Å²) >= 11 is 0. The van der Waals surface area contributed by atoms with E-state index in [4.69, 9.17) is 4.74 Å². The minimum Gasteiger partial charge on any atom is -0.418 e. The van der Waals surface area contributed by atoms with E-state index in [2.05, 4.69) is 18.2 Å². The van der Waals surface area contributed by atoms with Crippen LogP contribution in [0.3, 0.4) is 0 Å². The van der Waals surface area contributed by atoms with E-state index in [9.17, 15) is 26.7 Å². The molecule has 0 amide bonds. The van der Waals surface area contributed by atoms with Crippen molar-refractivity contribution in [2.45, 2.75) is 45.1 Å². The topological polar surface area (TPSA) is 35.5 Å². The maximum Gasteiger partial charge on any atom is 0.337 e. The number of halogens is 5. The molecule has 0 radical (unpaired) electrons. The van der Waals surface area contributed by atoms with Gasteiger partial charge in [-0.05, 0) is 6.42 Å². The van der Waals surface area contributed by atoms with Crippen LogP contribution in [0.1, 0.15) is 39.0 Å². The zero-order chi connectivity index (χ0) is 19.0. The molecule has 0 aromatic heterocycles. The van der Waals surface area contributed by atoms with E-state index in [0.29, 0.717) is 6.42 Å². The third kappa shape index (κ3) is 5.81. The molecule has 0 bridgehead atoms. The molecule has 0 fully saturated rings. The predicted molar refractivity (Wildman–Crippen MR) is 80.6 cm³/mol. The van der Waals surface area contributed by atoms with Gasteiger partial charge in [0, 0.05) is 0 Å². The monoisotopic (exact) mass is 366 g/mol. The first-order valence-corrected chi connectivity index (χ1v) is 7.79. The summed E-state index contributed by atoms with van der Waals surface area (Å²) in [7, 11) is 0. The normalized spacial score (nSPS) is 12.1. The van der Waals surface area contributed by atoms with Crippen LogP contribution in [0.2, 0.25) is 0 Å². The van der Waals surface area contributed by atoms with Crippen molar-refractivity contribution in [3.63, 3.8) is 0 Å². The lowest BCUT2D eigenvalue weighted by atomic mass is 10.1. The largest absolute Gasteiger partial charge is 0.418 e. The van der Waals surface area contributed by atoms with Crippen LogP contribution in [0, 0.1) is 29.1 Å². The van der Waals surface area contributed by atoms with Crippen molar-refractivity contribution in [2.75, 3.05) is 6.61 Å². The number of carbonyl (C=O) groups excluding carboxylic acids is 1. The number of rotatable bonds is 10. The summed E-state index contributed by atoms with van der Waals surface area (Å²) < 4.78 is 75.2. The lowest BCUT2D eigenvalue weighted by Crippen LogP contribution is -2.22. The maximum absolute atomic E-state index is 13.4. The number of hydrogen-bond acceptors (Lipinski definition) is 3. The van der Waals surface area contributed by atoms with Gasteiger partial charge in [-0.15, -0.1) is 6.58 Å². The summed E-state index contributed by atoms with van der Waals surface area (Å²) in [4.78, 5) is 11.6. The fourth-order valence-corrected chi connectivity index (χ4v) is 2.03. The first-order chi connectivity index (χ1) is 11.8. The van der Waals surface area contributed by atoms with Gasteiger partial charge in [0.2, 0.25) is 34.8 Å². The molecule has 25 heavy (non-hydrogen) atoms. The smallest absolute Gasteiger partial charge is 0.337 e. The molecule has 1 atom stereocenters. The first kappa shape index (κ1) is 21.1. The highest BCUT2D eigenvalue weighted by Gasteiger charge is 2.28. The molecular weight excluding hydrogens is 347 g/mol.